The molecule has 19 heavy (non-hydrogen) atoms. The Bertz CT molecular complexity index is 566. The number of H-pyrrole nitrogens is 1. The van der Waals surface area contributed by atoms with E-state index in [1.54, 1.807) is 26.4 Å². The van der Waals surface area contributed by atoms with Crippen molar-refractivity contribution in [1.82, 2.24) is 15.2 Å². The van der Waals surface area contributed by atoms with Crippen molar-refractivity contribution in [3.63, 3.8) is 0 Å². The van der Waals surface area contributed by atoms with Crippen molar-refractivity contribution in [2.24, 2.45) is 0 Å². The van der Waals surface area contributed by atoms with Gasteiger partial charge in [0.05, 0.1) is 14.2 Å². The van der Waals surface area contributed by atoms with Crippen LogP contribution in [0.15, 0.2) is 12.1 Å². The van der Waals surface area contributed by atoms with Gasteiger partial charge in [-0.1, -0.05) is 6.92 Å². The lowest BCUT2D eigenvalue weighted by atomic mass is 10.1. The van der Waals surface area contributed by atoms with Gasteiger partial charge in [0.2, 0.25) is 0 Å². The number of hydrogen-bond acceptors (Lipinski definition) is 5. The Balaban J connectivity index is 2.42. The summed E-state index contributed by atoms with van der Waals surface area (Å²) in [7, 11) is 3.15. The lowest BCUT2D eigenvalue weighted by Crippen LogP contribution is -1.97. The fourth-order valence-corrected chi connectivity index (χ4v) is 1.85. The van der Waals surface area contributed by atoms with Gasteiger partial charge in [0.15, 0.2) is 17.3 Å². The van der Waals surface area contributed by atoms with Crippen molar-refractivity contribution in [3.05, 3.63) is 18.0 Å². The summed E-state index contributed by atoms with van der Waals surface area (Å²) in [5.41, 5.74) is 7.29. The first-order chi connectivity index (χ1) is 9.19. The van der Waals surface area contributed by atoms with Gasteiger partial charge in [-0.2, -0.15) is 5.10 Å². The molecule has 0 aliphatic heterocycles. The fraction of sp³-hybridized carbons (Fsp3) is 0.385. The summed E-state index contributed by atoms with van der Waals surface area (Å²) in [6, 6.07) is 3.50. The molecule has 0 radical (unpaired) electrons. The zero-order valence-electron chi connectivity index (χ0n) is 11.4. The van der Waals surface area contributed by atoms with E-state index in [2.05, 4.69) is 22.1 Å². The summed E-state index contributed by atoms with van der Waals surface area (Å²) in [6.45, 7) is 2.09. The Morgan fingerprint density at radius 2 is 1.89 bits per heavy atom. The van der Waals surface area contributed by atoms with E-state index in [0.717, 1.165) is 24.2 Å². The topological polar surface area (TPSA) is 86.1 Å². The zero-order chi connectivity index (χ0) is 13.8. The molecule has 0 spiro atoms. The van der Waals surface area contributed by atoms with E-state index in [4.69, 9.17) is 15.2 Å². The Kier molecular flexibility index (Phi) is 3.89. The lowest BCUT2D eigenvalue weighted by Gasteiger charge is -2.10. The Morgan fingerprint density at radius 3 is 2.53 bits per heavy atom. The molecule has 0 saturated carbocycles. The molecule has 3 N–H and O–H groups in total. The number of aryl methyl sites for hydroxylation is 1. The van der Waals surface area contributed by atoms with Crippen molar-refractivity contribution in [2.45, 2.75) is 19.8 Å². The number of anilines is 1. The number of rotatable bonds is 5. The number of aromatic nitrogens is 3. The van der Waals surface area contributed by atoms with E-state index < -0.39 is 0 Å². The molecule has 0 atom stereocenters. The van der Waals surface area contributed by atoms with Crippen molar-refractivity contribution < 1.29 is 9.47 Å². The van der Waals surface area contributed by atoms with Crippen LogP contribution in [0.2, 0.25) is 0 Å². The van der Waals surface area contributed by atoms with Gasteiger partial charge < -0.3 is 15.2 Å². The molecule has 1 aromatic carbocycles. The van der Waals surface area contributed by atoms with Crippen LogP contribution in [0.4, 0.5) is 5.69 Å². The van der Waals surface area contributed by atoms with Crippen LogP contribution in [0.1, 0.15) is 19.2 Å². The van der Waals surface area contributed by atoms with Crippen molar-refractivity contribution in [3.8, 4) is 22.9 Å². The number of methoxy groups -OCH3 is 2. The van der Waals surface area contributed by atoms with Crippen LogP contribution in [0.5, 0.6) is 11.5 Å². The van der Waals surface area contributed by atoms with Gasteiger partial charge in [-0.25, -0.2) is 4.98 Å². The molecule has 0 saturated heterocycles. The highest BCUT2D eigenvalue weighted by atomic mass is 16.5. The van der Waals surface area contributed by atoms with E-state index in [-0.39, 0.29) is 0 Å². The minimum Gasteiger partial charge on any atom is -0.493 e. The number of nitrogen functional groups attached to an aromatic ring is 1. The highest BCUT2D eigenvalue weighted by molar-refractivity contribution is 5.75. The fourth-order valence-electron chi connectivity index (χ4n) is 1.85. The van der Waals surface area contributed by atoms with Gasteiger partial charge in [-0.05, 0) is 12.5 Å². The second kappa shape index (κ2) is 5.60. The first-order valence-corrected chi connectivity index (χ1v) is 6.12. The number of hydrogen-bond donors (Lipinski definition) is 2. The maximum atomic E-state index is 6.01. The summed E-state index contributed by atoms with van der Waals surface area (Å²) in [4.78, 5) is 4.42. The van der Waals surface area contributed by atoms with E-state index >= 15 is 0 Å². The number of aromatic amines is 1. The largest absolute Gasteiger partial charge is 0.493 e. The third-order valence-corrected chi connectivity index (χ3v) is 2.82. The minimum atomic E-state index is 0.555. The molecule has 0 fully saturated rings. The van der Waals surface area contributed by atoms with Crippen molar-refractivity contribution in [2.75, 3.05) is 20.0 Å². The van der Waals surface area contributed by atoms with Crippen molar-refractivity contribution in [1.29, 1.82) is 0 Å². The quantitative estimate of drug-likeness (QED) is 0.805. The predicted molar refractivity (Wildman–Crippen MR) is 73.3 cm³/mol. The summed E-state index contributed by atoms with van der Waals surface area (Å²) in [5.74, 6) is 2.62. The molecule has 0 aliphatic rings. The van der Waals surface area contributed by atoms with Gasteiger partial charge in [-0.3, -0.25) is 5.10 Å². The van der Waals surface area contributed by atoms with Crippen LogP contribution < -0.4 is 15.2 Å². The maximum Gasteiger partial charge on any atom is 0.183 e. The van der Waals surface area contributed by atoms with Gasteiger partial charge in [0, 0.05) is 23.7 Å². The maximum absolute atomic E-state index is 6.01. The van der Waals surface area contributed by atoms with Crippen LogP contribution in [0.25, 0.3) is 11.4 Å². The predicted octanol–water partition coefficient (Wildman–Crippen LogP) is 2.02. The molecule has 0 unspecified atom stereocenters. The van der Waals surface area contributed by atoms with Crippen LogP contribution in [0.3, 0.4) is 0 Å². The molecule has 0 aliphatic carbocycles. The van der Waals surface area contributed by atoms with Crippen LogP contribution >= 0.6 is 0 Å². The second-order valence-corrected chi connectivity index (χ2v) is 4.15. The molecular formula is C13H18N4O2. The van der Waals surface area contributed by atoms with Crippen LogP contribution in [-0.4, -0.2) is 29.4 Å². The molecule has 0 amide bonds. The summed E-state index contributed by atoms with van der Waals surface area (Å²) < 4.78 is 10.5. The highest BCUT2D eigenvalue weighted by Gasteiger charge is 2.14. The SMILES string of the molecule is CCCc1nc(-c2cc(OC)c(OC)cc2N)n[nH]1. The van der Waals surface area contributed by atoms with Crippen LogP contribution in [0, 0.1) is 0 Å². The number of benzene rings is 1. The standard InChI is InChI=1S/C13H18N4O2/c1-4-5-12-15-13(17-16-12)8-6-10(18-2)11(19-3)7-9(8)14/h6-7H,4-5,14H2,1-3H3,(H,15,16,17). The molecule has 6 heteroatoms. The normalized spacial score (nSPS) is 10.5. The average molecular weight is 262 g/mol. The first-order valence-electron chi connectivity index (χ1n) is 6.12. The molecule has 6 nitrogen and oxygen atoms in total. The van der Waals surface area contributed by atoms with Gasteiger partial charge >= 0.3 is 0 Å². The monoisotopic (exact) mass is 262 g/mol. The van der Waals surface area contributed by atoms with Gasteiger partial charge in [0.25, 0.3) is 0 Å². The van der Waals surface area contributed by atoms with E-state index in [0.29, 0.717) is 23.0 Å². The molecule has 0 bridgehead atoms. The molecule has 2 aromatic rings. The molecule has 102 valence electrons. The third kappa shape index (κ3) is 2.62. The third-order valence-electron chi connectivity index (χ3n) is 2.82. The Hall–Kier alpha value is -2.24. The van der Waals surface area contributed by atoms with Crippen LogP contribution in [-0.2, 0) is 6.42 Å². The van der Waals surface area contributed by atoms with Crippen molar-refractivity contribution >= 4 is 5.69 Å². The number of nitrogens with zero attached hydrogens (tertiary/aromatic N) is 2. The number of nitrogens with one attached hydrogen (secondary N) is 1. The average Bonchev–Trinajstić information content (AvgIpc) is 2.87. The second-order valence-electron chi connectivity index (χ2n) is 4.15. The Labute approximate surface area is 111 Å². The number of ether oxygens (including phenoxy) is 2. The highest BCUT2D eigenvalue weighted by Crippen LogP contribution is 2.35. The lowest BCUT2D eigenvalue weighted by molar-refractivity contribution is 0.355. The summed E-state index contributed by atoms with van der Waals surface area (Å²) >= 11 is 0. The van der Waals surface area contributed by atoms with Gasteiger partial charge in [0.1, 0.15) is 5.82 Å². The molecular weight excluding hydrogens is 244 g/mol. The molecule has 1 aromatic heterocycles. The molecule has 1 heterocycles. The minimum absolute atomic E-state index is 0.555. The summed E-state index contributed by atoms with van der Waals surface area (Å²) in [6.07, 6.45) is 1.87. The van der Waals surface area contributed by atoms with Gasteiger partial charge in [-0.15, -0.1) is 0 Å². The first kappa shape index (κ1) is 13.2. The smallest absolute Gasteiger partial charge is 0.183 e. The van der Waals surface area contributed by atoms with E-state index in [9.17, 15) is 0 Å². The Morgan fingerprint density at radius 1 is 1.21 bits per heavy atom. The summed E-state index contributed by atoms with van der Waals surface area (Å²) in [5, 5.41) is 7.09. The van der Waals surface area contributed by atoms with E-state index in [1.807, 2.05) is 0 Å². The molecule has 2 rings (SSSR count). The van der Waals surface area contributed by atoms with E-state index in [1.165, 1.54) is 0 Å². The zero-order valence-corrected chi connectivity index (χ0v) is 11.4. The number of nitrogens with two attached hydrogens (primary N) is 1.